The Bertz CT molecular complexity index is 609. The van der Waals surface area contributed by atoms with Gasteiger partial charge in [-0.25, -0.2) is 0 Å². The number of rotatable bonds is 6. The van der Waals surface area contributed by atoms with Gasteiger partial charge >= 0.3 is 0 Å². The molecule has 112 valence electrons. The van der Waals surface area contributed by atoms with E-state index in [0.717, 1.165) is 42.6 Å². The number of hydrogen-bond donors (Lipinski definition) is 0. The van der Waals surface area contributed by atoms with Gasteiger partial charge in [-0.05, 0) is 29.9 Å². The Balaban J connectivity index is 2.30. The number of nitrogens with zero attached hydrogens (tertiary/aromatic N) is 2. The van der Waals surface area contributed by atoms with Crippen molar-refractivity contribution in [2.24, 2.45) is 0 Å². The van der Waals surface area contributed by atoms with Gasteiger partial charge in [0.05, 0.1) is 17.8 Å². The Morgan fingerprint density at radius 3 is 2.29 bits per heavy atom. The summed E-state index contributed by atoms with van der Waals surface area (Å²) >= 11 is 0. The Morgan fingerprint density at radius 1 is 1.14 bits per heavy atom. The molecule has 1 aromatic heterocycles. The number of carbonyl (C=O) groups excluding carboxylic acids is 1. The van der Waals surface area contributed by atoms with E-state index in [4.69, 9.17) is 0 Å². The lowest BCUT2D eigenvalue weighted by molar-refractivity contribution is 0.112. The van der Waals surface area contributed by atoms with Crippen molar-refractivity contribution >= 4 is 6.29 Å². The maximum absolute atomic E-state index is 11.3. The first-order valence-corrected chi connectivity index (χ1v) is 7.73. The van der Waals surface area contributed by atoms with E-state index in [-0.39, 0.29) is 0 Å². The Hall–Kier alpha value is -1.90. The van der Waals surface area contributed by atoms with Crippen molar-refractivity contribution in [1.82, 2.24) is 9.78 Å². The van der Waals surface area contributed by atoms with Crippen molar-refractivity contribution in [2.45, 2.75) is 53.0 Å². The molecular formula is C18H24N2O. The molecule has 0 saturated carbocycles. The second-order valence-electron chi connectivity index (χ2n) is 5.69. The molecule has 0 aliphatic rings. The molecule has 0 bridgehead atoms. The minimum Gasteiger partial charge on any atom is -0.298 e. The monoisotopic (exact) mass is 284 g/mol. The average molecular weight is 284 g/mol. The van der Waals surface area contributed by atoms with Crippen molar-refractivity contribution in [3.05, 3.63) is 52.3 Å². The zero-order chi connectivity index (χ0) is 15.4. The highest BCUT2D eigenvalue weighted by Gasteiger charge is 2.14. The molecule has 1 aromatic carbocycles. The first-order valence-electron chi connectivity index (χ1n) is 7.73. The number of aromatic nitrogens is 2. The predicted molar refractivity (Wildman–Crippen MR) is 86.0 cm³/mol. The van der Waals surface area contributed by atoms with Crippen molar-refractivity contribution in [3.63, 3.8) is 0 Å². The van der Waals surface area contributed by atoms with Crippen molar-refractivity contribution in [1.29, 1.82) is 0 Å². The summed E-state index contributed by atoms with van der Waals surface area (Å²) in [5, 5.41) is 4.61. The standard InChI is InChI=1S/C18H24N2O/c1-5-17-16(12-21)18(6-2)20(19-17)11-14-7-9-15(10-8-14)13(3)4/h7-10,12-13H,5-6,11H2,1-4H3. The molecule has 0 fully saturated rings. The number of benzene rings is 1. The van der Waals surface area contributed by atoms with Gasteiger partial charge in [0.1, 0.15) is 0 Å². The van der Waals surface area contributed by atoms with E-state index >= 15 is 0 Å². The molecule has 3 heteroatoms. The highest BCUT2D eigenvalue weighted by Crippen LogP contribution is 2.18. The molecular weight excluding hydrogens is 260 g/mol. The van der Waals surface area contributed by atoms with Crippen LogP contribution in [0.5, 0.6) is 0 Å². The molecule has 3 nitrogen and oxygen atoms in total. The van der Waals surface area contributed by atoms with Gasteiger partial charge in [-0.3, -0.25) is 9.48 Å². The van der Waals surface area contributed by atoms with Crippen LogP contribution < -0.4 is 0 Å². The maximum atomic E-state index is 11.3. The van der Waals surface area contributed by atoms with Crippen molar-refractivity contribution in [3.8, 4) is 0 Å². The Labute approximate surface area is 127 Å². The van der Waals surface area contributed by atoms with Crippen LogP contribution in [0.4, 0.5) is 0 Å². The first-order chi connectivity index (χ1) is 10.1. The third kappa shape index (κ3) is 3.23. The average Bonchev–Trinajstić information content (AvgIpc) is 2.84. The van der Waals surface area contributed by atoms with Gasteiger partial charge in [-0.15, -0.1) is 0 Å². The lowest BCUT2D eigenvalue weighted by atomic mass is 10.0. The summed E-state index contributed by atoms with van der Waals surface area (Å²) in [4.78, 5) is 11.3. The fourth-order valence-electron chi connectivity index (χ4n) is 2.65. The van der Waals surface area contributed by atoms with Crippen LogP contribution in [0.25, 0.3) is 0 Å². The second kappa shape index (κ2) is 6.70. The topological polar surface area (TPSA) is 34.9 Å². The van der Waals surface area contributed by atoms with Crippen molar-refractivity contribution in [2.75, 3.05) is 0 Å². The summed E-state index contributed by atoms with van der Waals surface area (Å²) < 4.78 is 1.98. The zero-order valence-corrected chi connectivity index (χ0v) is 13.4. The fraction of sp³-hybridized carbons (Fsp3) is 0.444. The van der Waals surface area contributed by atoms with Gasteiger partial charge in [0.2, 0.25) is 0 Å². The lowest BCUT2D eigenvalue weighted by Crippen LogP contribution is -2.07. The summed E-state index contributed by atoms with van der Waals surface area (Å²) in [6, 6.07) is 8.66. The highest BCUT2D eigenvalue weighted by atomic mass is 16.1. The summed E-state index contributed by atoms with van der Waals surface area (Å²) in [6.07, 6.45) is 2.56. The third-order valence-corrected chi connectivity index (χ3v) is 3.94. The normalized spacial score (nSPS) is 11.1. The zero-order valence-electron chi connectivity index (χ0n) is 13.4. The van der Waals surface area contributed by atoms with Crippen LogP contribution in [-0.2, 0) is 19.4 Å². The van der Waals surface area contributed by atoms with E-state index in [2.05, 4.69) is 50.1 Å². The predicted octanol–water partition coefficient (Wildman–Crippen LogP) is 3.99. The lowest BCUT2D eigenvalue weighted by Gasteiger charge is -2.09. The number of carbonyl (C=O) groups is 1. The van der Waals surface area contributed by atoms with Crippen molar-refractivity contribution < 1.29 is 4.79 Å². The molecule has 0 N–H and O–H groups in total. The number of aldehydes is 1. The quantitative estimate of drug-likeness (QED) is 0.752. The van der Waals surface area contributed by atoms with Gasteiger partial charge in [0.15, 0.2) is 6.29 Å². The molecule has 2 rings (SSSR count). The smallest absolute Gasteiger partial charge is 0.153 e. The summed E-state index contributed by atoms with van der Waals surface area (Å²) in [5.41, 5.74) is 5.28. The van der Waals surface area contributed by atoms with Gasteiger partial charge < -0.3 is 0 Å². The molecule has 0 aliphatic heterocycles. The van der Waals surface area contributed by atoms with Crippen LogP contribution in [0, 0.1) is 0 Å². The molecule has 0 spiro atoms. The molecule has 0 amide bonds. The highest BCUT2D eigenvalue weighted by molar-refractivity contribution is 5.78. The Morgan fingerprint density at radius 2 is 1.81 bits per heavy atom. The van der Waals surface area contributed by atoms with Crippen LogP contribution in [0.15, 0.2) is 24.3 Å². The second-order valence-corrected chi connectivity index (χ2v) is 5.69. The van der Waals surface area contributed by atoms with E-state index < -0.39 is 0 Å². The van der Waals surface area contributed by atoms with Gasteiger partial charge in [0, 0.05) is 5.69 Å². The van der Waals surface area contributed by atoms with Gasteiger partial charge in [-0.1, -0.05) is 52.0 Å². The minimum atomic E-state index is 0.545. The summed E-state index contributed by atoms with van der Waals surface area (Å²) in [5.74, 6) is 0.545. The van der Waals surface area contributed by atoms with E-state index in [0.29, 0.717) is 5.92 Å². The molecule has 0 radical (unpaired) electrons. The molecule has 0 unspecified atom stereocenters. The molecule has 2 aromatic rings. The van der Waals surface area contributed by atoms with Crippen LogP contribution in [0.3, 0.4) is 0 Å². The number of aryl methyl sites for hydroxylation is 1. The molecule has 0 atom stereocenters. The summed E-state index contributed by atoms with van der Waals surface area (Å²) in [7, 11) is 0. The van der Waals surface area contributed by atoms with Gasteiger partial charge in [0.25, 0.3) is 0 Å². The first kappa shape index (κ1) is 15.5. The van der Waals surface area contributed by atoms with E-state index in [1.807, 2.05) is 11.6 Å². The van der Waals surface area contributed by atoms with E-state index in [1.165, 1.54) is 11.1 Å². The fourth-order valence-corrected chi connectivity index (χ4v) is 2.65. The number of hydrogen-bond acceptors (Lipinski definition) is 2. The van der Waals surface area contributed by atoms with Crippen LogP contribution in [0.2, 0.25) is 0 Å². The SMILES string of the molecule is CCc1nn(Cc2ccc(C(C)C)cc2)c(CC)c1C=O. The third-order valence-electron chi connectivity index (χ3n) is 3.94. The molecule has 1 heterocycles. The van der Waals surface area contributed by atoms with Crippen LogP contribution in [-0.4, -0.2) is 16.1 Å². The molecule has 0 aliphatic carbocycles. The Kier molecular flexibility index (Phi) is 4.94. The van der Waals surface area contributed by atoms with Crippen LogP contribution >= 0.6 is 0 Å². The maximum Gasteiger partial charge on any atom is 0.153 e. The van der Waals surface area contributed by atoms with E-state index in [1.54, 1.807) is 0 Å². The summed E-state index contributed by atoms with van der Waals surface area (Å²) in [6.45, 7) is 9.23. The molecule has 21 heavy (non-hydrogen) atoms. The minimum absolute atomic E-state index is 0.545. The van der Waals surface area contributed by atoms with Crippen LogP contribution in [0.1, 0.15) is 66.5 Å². The van der Waals surface area contributed by atoms with Gasteiger partial charge in [-0.2, -0.15) is 5.10 Å². The molecule has 0 saturated heterocycles. The van der Waals surface area contributed by atoms with E-state index in [9.17, 15) is 4.79 Å². The largest absolute Gasteiger partial charge is 0.298 e.